The Balaban J connectivity index is 2.36. The van der Waals surface area contributed by atoms with Crippen molar-refractivity contribution in [2.24, 2.45) is 11.7 Å². The van der Waals surface area contributed by atoms with Gasteiger partial charge in [0.1, 0.15) is 0 Å². The average Bonchev–Trinajstić information content (AvgIpc) is 2.37. The molecule has 0 aliphatic heterocycles. The van der Waals surface area contributed by atoms with E-state index < -0.39 is 6.04 Å². The standard InChI is InChI=1S/C15H29N3O2/c1-11(2)17-14(19)10-18(3)15(20)13(16)9-12-7-5-4-6-8-12/h11-13H,4-10,16H2,1-3H3,(H,17,19). The van der Waals surface area contributed by atoms with Gasteiger partial charge in [0.2, 0.25) is 11.8 Å². The summed E-state index contributed by atoms with van der Waals surface area (Å²) >= 11 is 0. The first-order valence-corrected chi connectivity index (χ1v) is 7.70. The molecule has 20 heavy (non-hydrogen) atoms. The molecule has 1 aliphatic rings. The zero-order valence-electron chi connectivity index (χ0n) is 13.0. The number of likely N-dealkylation sites (N-methyl/N-ethyl adjacent to an activating group) is 1. The summed E-state index contributed by atoms with van der Waals surface area (Å²) in [5, 5.41) is 2.78. The molecule has 1 rings (SSSR count). The van der Waals surface area contributed by atoms with Crippen LogP contribution in [-0.4, -0.2) is 42.4 Å². The minimum atomic E-state index is -0.477. The van der Waals surface area contributed by atoms with E-state index in [0.29, 0.717) is 5.92 Å². The molecule has 1 unspecified atom stereocenters. The van der Waals surface area contributed by atoms with Crippen LogP contribution in [-0.2, 0) is 9.59 Å². The van der Waals surface area contributed by atoms with Crippen LogP contribution in [0, 0.1) is 5.92 Å². The number of hydrogen-bond acceptors (Lipinski definition) is 3. The molecule has 1 atom stereocenters. The fraction of sp³-hybridized carbons (Fsp3) is 0.867. The molecule has 0 saturated heterocycles. The van der Waals surface area contributed by atoms with Gasteiger partial charge in [-0.15, -0.1) is 0 Å². The summed E-state index contributed by atoms with van der Waals surface area (Å²) in [6.45, 7) is 3.87. The highest BCUT2D eigenvalue weighted by molar-refractivity contribution is 5.87. The predicted octanol–water partition coefficient (Wildman–Crippen LogP) is 1.27. The number of carbonyl (C=O) groups excluding carboxylic acids is 2. The SMILES string of the molecule is CC(C)NC(=O)CN(C)C(=O)C(N)CC1CCCCC1. The maximum Gasteiger partial charge on any atom is 0.239 e. The Morgan fingerprint density at radius 1 is 1.25 bits per heavy atom. The number of amides is 2. The topological polar surface area (TPSA) is 75.4 Å². The molecule has 1 aliphatic carbocycles. The molecule has 2 amide bonds. The van der Waals surface area contributed by atoms with Gasteiger partial charge in [-0.05, 0) is 26.2 Å². The number of carbonyl (C=O) groups is 2. The summed E-state index contributed by atoms with van der Waals surface area (Å²) < 4.78 is 0. The fourth-order valence-corrected chi connectivity index (χ4v) is 2.83. The van der Waals surface area contributed by atoms with Gasteiger partial charge in [-0.1, -0.05) is 32.1 Å². The molecule has 1 saturated carbocycles. The molecule has 0 bridgehead atoms. The molecule has 0 aromatic rings. The third-order valence-corrected chi connectivity index (χ3v) is 3.84. The zero-order chi connectivity index (χ0) is 15.1. The summed E-state index contributed by atoms with van der Waals surface area (Å²) in [6.07, 6.45) is 6.90. The van der Waals surface area contributed by atoms with Crippen molar-refractivity contribution in [1.82, 2.24) is 10.2 Å². The van der Waals surface area contributed by atoms with Gasteiger partial charge >= 0.3 is 0 Å². The number of nitrogens with zero attached hydrogens (tertiary/aromatic N) is 1. The highest BCUT2D eigenvalue weighted by Crippen LogP contribution is 2.27. The van der Waals surface area contributed by atoms with Gasteiger partial charge in [-0.25, -0.2) is 0 Å². The lowest BCUT2D eigenvalue weighted by atomic mass is 9.85. The number of rotatable bonds is 6. The van der Waals surface area contributed by atoms with Crippen LogP contribution >= 0.6 is 0 Å². The Morgan fingerprint density at radius 3 is 2.40 bits per heavy atom. The molecule has 0 heterocycles. The van der Waals surface area contributed by atoms with E-state index in [4.69, 9.17) is 5.73 Å². The van der Waals surface area contributed by atoms with Gasteiger partial charge in [0, 0.05) is 13.1 Å². The van der Waals surface area contributed by atoms with Crippen LogP contribution in [0.4, 0.5) is 0 Å². The van der Waals surface area contributed by atoms with E-state index in [2.05, 4.69) is 5.32 Å². The smallest absolute Gasteiger partial charge is 0.239 e. The Bertz CT molecular complexity index is 325. The molecule has 1 fully saturated rings. The van der Waals surface area contributed by atoms with Crippen molar-refractivity contribution in [1.29, 1.82) is 0 Å². The maximum absolute atomic E-state index is 12.2. The minimum absolute atomic E-state index is 0.0787. The summed E-state index contributed by atoms with van der Waals surface area (Å²) in [6, 6.07) is -0.392. The molecule has 0 spiro atoms. The average molecular weight is 283 g/mol. The van der Waals surface area contributed by atoms with E-state index in [1.54, 1.807) is 7.05 Å². The maximum atomic E-state index is 12.2. The molecule has 5 nitrogen and oxygen atoms in total. The van der Waals surface area contributed by atoms with Gasteiger partial charge < -0.3 is 16.0 Å². The van der Waals surface area contributed by atoms with E-state index in [-0.39, 0.29) is 24.4 Å². The summed E-state index contributed by atoms with van der Waals surface area (Å²) in [5.74, 6) is 0.302. The quantitative estimate of drug-likeness (QED) is 0.770. The molecule has 116 valence electrons. The molecule has 0 radical (unpaired) electrons. The third kappa shape index (κ3) is 5.90. The Morgan fingerprint density at radius 2 is 1.85 bits per heavy atom. The van der Waals surface area contributed by atoms with E-state index in [9.17, 15) is 9.59 Å². The molecule has 0 aromatic heterocycles. The zero-order valence-corrected chi connectivity index (χ0v) is 13.0. The number of nitrogens with two attached hydrogens (primary N) is 1. The Labute approximate surface area is 122 Å². The Kier molecular flexibility index (Phi) is 6.99. The van der Waals surface area contributed by atoms with Crippen molar-refractivity contribution in [2.75, 3.05) is 13.6 Å². The van der Waals surface area contributed by atoms with Crippen molar-refractivity contribution in [2.45, 2.75) is 64.5 Å². The van der Waals surface area contributed by atoms with Gasteiger partial charge in [0.15, 0.2) is 0 Å². The van der Waals surface area contributed by atoms with Crippen LogP contribution in [0.15, 0.2) is 0 Å². The summed E-state index contributed by atoms with van der Waals surface area (Å²) in [5.41, 5.74) is 6.00. The van der Waals surface area contributed by atoms with Gasteiger partial charge in [-0.2, -0.15) is 0 Å². The van der Waals surface area contributed by atoms with Crippen molar-refractivity contribution in [3.63, 3.8) is 0 Å². The van der Waals surface area contributed by atoms with Gasteiger partial charge in [0.05, 0.1) is 12.6 Å². The van der Waals surface area contributed by atoms with E-state index in [0.717, 1.165) is 6.42 Å². The first kappa shape index (κ1) is 17.0. The lowest BCUT2D eigenvalue weighted by molar-refractivity contribution is -0.136. The summed E-state index contributed by atoms with van der Waals surface area (Å²) in [7, 11) is 1.64. The van der Waals surface area contributed by atoms with Crippen LogP contribution < -0.4 is 11.1 Å². The third-order valence-electron chi connectivity index (χ3n) is 3.84. The highest BCUT2D eigenvalue weighted by atomic mass is 16.2. The van der Waals surface area contributed by atoms with E-state index in [1.807, 2.05) is 13.8 Å². The highest BCUT2D eigenvalue weighted by Gasteiger charge is 2.24. The van der Waals surface area contributed by atoms with Crippen LogP contribution in [0.25, 0.3) is 0 Å². The molecule has 3 N–H and O–H groups in total. The predicted molar refractivity (Wildman–Crippen MR) is 80.1 cm³/mol. The molecule has 5 heteroatoms. The lowest BCUT2D eigenvalue weighted by Crippen LogP contribution is -2.47. The lowest BCUT2D eigenvalue weighted by Gasteiger charge is -2.26. The van der Waals surface area contributed by atoms with Crippen LogP contribution in [0.1, 0.15) is 52.4 Å². The minimum Gasteiger partial charge on any atom is -0.352 e. The van der Waals surface area contributed by atoms with Crippen LogP contribution in [0.3, 0.4) is 0 Å². The van der Waals surface area contributed by atoms with Crippen molar-refractivity contribution in [3.8, 4) is 0 Å². The first-order chi connectivity index (χ1) is 9.40. The normalized spacial score (nSPS) is 17.9. The van der Waals surface area contributed by atoms with Gasteiger partial charge in [-0.3, -0.25) is 9.59 Å². The van der Waals surface area contributed by atoms with Crippen molar-refractivity contribution < 1.29 is 9.59 Å². The second kappa shape index (κ2) is 8.25. The van der Waals surface area contributed by atoms with Crippen LogP contribution in [0.2, 0.25) is 0 Å². The molecule has 0 aromatic carbocycles. The Hall–Kier alpha value is -1.10. The number of nitrogens with one attached hydrogen (secondary N) is 1. The number of hydrogen-bond donors (Lipinski definition) is 2. The van der Waals surface area contributed by atoms with Crippen molar-refractivity contribution >= 4 is 11.8 Å². The second-order valence-electron chi connectivity index (χ2n) is 6.26. The van der Waals surface area contributed by atoms with Crippen LogP contribution in [0.5, 0.6) is 0 Å². The monoisotopic (exact) mass is 283 g/mol. The summed E-state index contributed by atoms with van der Waals surface area (Å²) in [4.78, 5) is 25.2. The molecular weight excluding hydrogens is 254 g/mol. The molecular formula is C15H29N3O2. The van der Waals surface area contributed by atoms with Crippen molar-refractivity contribution in [3.05, 3.63) is 0 Å². The second-order valence-corrected chi connectivity index (χ2v) is 6.26. The van der Waals surface area contributed by atoms with E-state index in [1.165, 1.54) is 37.0 Å². The largest absolute Gasteiger partial charge is 0.352 e. The van der Waals surface area contributed by atoms with E-state index >= 15 is 0 Å². The fourth-order valence-electron chi connectivity index (χ4n) is 2.83. The first-order valence-electron chi connectivity index (χ1n) is 7.70. The van der Waals surface area contributed by atoms with Gasteiger partial charge in [0.25, 0.3) is 0 Å².